The van der Waals surface area contributed by atoms with E-state index in [1.807, 2.05) is 44.2 Å². The van der Waals surface area contributed by atoms with Crippen molar-refractivity contribution in [1.82, 2.24) is 5.32 Å². The summed E-state index contributed by atoms with van der Waals surface area (Å²) in [4.78, 5) is 23.1. The van der Waals surface area contributed by atoms with Gasteiger partial charge in [-0.3, -0.25) is 9.36 Å². The van der Waals surface area contributed by atoms with Crippen molar-refractivity contribution in [2.75, 3.05) is 19.6 Å². The first-order valence-electron chi connectivity index (χ1n) is 8.07. The van der Waals surface area contributed by atoms with Crippen LogP contribution in [0.1, 0.15) is 25.8 Å². The number of carbonyl (C=O) groups is 2. The molecular weight excluding hydrogens is 345 g/mol. The molecule has 0 aromatic heterocycles. The third kappa shape index (κ3) is 8.18. The Labute approximate surface area is 148 Å². The van der Waals surface area contributed by atoms with Gasteiger partial charge in [-0.2, -0.15) is 0 Å². The monoisotopic (exact) mass is 371 g/mol. The first-order chi connectivity index (χ1) is 11.8. The fourth-order valence-corrected chi connectivity index (χ4v) is 4.08. The van der Waals surface area contributed by atoms with E-state index in [2.05, 4.69) is 5.32 Å². The summed E-state index contributed by atoms with van der Waals surface area (Å²) in [7, 11) is -2.05. The first kappa shape index (κ1) is 21.2. The summed E-state index contributed by atoms with van der Waals surface area (Å²) in [6.07, 6.45) is -0.729. The summed E-state index contributed by atoms with van der Waals surface area (Å²) < 4.78 is 22.8. The van der Waals surface area contributed by atoms with Crippen LogP contribution in [0.25, 0.3) is 0 Å². The minimum Gasteiger partial charge on any atom is -0.481 e. The largest absolute Gasteiger partial charge is 0.481 e. The van der Waals surface area contributed by atoms with Crippen molar-refractivity contribution in [3.63, 3.8) is 0 Å². The smallest absolute Gasteiger partial charge is 0.407 e. The van der Waals surface area contributed by atoms with Crippen LogP contribution >= 0.6 is 7.37 Å². The molecule has 140 valence electrons. The fraction of sp³-hybridized carbons (Fsp3) is 0.529. The number of nitrogens with one attached hydrogen (secondary N) is 1. The van der Waals surface area contributed by atoms with Crippen LogP contribution in [0.5, 0.6) is 0 Å². The van der Waals surface area contributed by atoms with Gasteiger partial charge in [0, 0.05) is 13.3 Å². The number of carbonyl (C=O) groups excluding carboxylic acids is 1. The summed E-state index contributed by atoms with van der Waals surface area (Å²) in [5.41, 5.74) is 0.829. The molecule has 7 nitrogen and oxygen atoms in total. The van der Waals surface area contributed by atoms with Gasteiger partial charge >= 0.3 is 12.1 Å². The summed E-state index contributed by atoms with van der Waals surface area (Å²) in [6, 6.07) is 9.15. The molecule has 0 bridgehead atoms. The van der Waals surface area contributed by atoms with E-state index >= 15 is 0 Å². The molecule has 1 aromatic rings. The third-order valence-corrected chi connectivity index (χ3v) is 5.92. The van der Waals surface area contributed by atoms with Crippen molar-refractivity contribution in [2.45, 2.75) is 26.9 Å². The number of benzene rings is 1. The summed E-state index contributed by atoms with van der Waals surface area (Å²) in [5.74, 6) is -1.65. The molecule has 0 fully saturated rings. The number of amides is 1. The van der Waals surface area contributed by atoms with Crippen LogP contribution in [0.15, 0.2) is 30.3 Å². The minimum absolute atomic E-state index is 0.0923. The van der Waals surface area contributed by atoms with Gasteiger partial charge in [-0.25, -0.2) is 4.79 Å². The standard InChI is InChI=1S/C17H26NO6P/c1-13(2)9-15(16(19)20)11-25(22,23-3)12-18-17(21)24-10-14-7-5-4-6-8-14/h4-8,13,15H,9-12H2,1-3H3,(H,18,21)(H,19,20). The predicted molar refractivity (Wildman–Crippen MR) is 94.7 cm³/mol. The lowest BCUT2D eigenvalue weighted by molar-refractivity contribution is -0.141. The van der Waals surface area contributed by atoms with Gasteiger partial charge in [0.25, 0.3) is 0 Å². The highest BCUT2D eigenvalue weighted by Gasteiger charge is 2.31. The van der Waals surface area contributed by atoms with Gasteiger partial charge in [0.15, 0.2) is 0 Å². The Morgan fingerprint density at radius 2 is 1.88 bits per heavy atom. The van der Waals surface area contributed by atoms with Crippen molar-refractivity contribution in [3.05, 3.63) is 35.9 Å². The molecule has 2 atom stereocenters. The number of aliphatic carboxylic acids is 1. The van der Waals surface area contributed by atoms with E-state index in [9.17, 15) is 19.3 Å². The van der Waals surface area contributed by atoms with E-state index < -0.39 is 25.3 Å². The number of carboxylic acids is 1. The molecule has 0 saturated heterocycles. The van der Waals surface area contributed by atoms with Crippen LogP contribution in [0, 0.1) is 11.8 Å². The van der Waals surface area contributed by atoms with Crippen molar-refractivity contribution in [3.8, 4) is 0 Å². The summed E-state index contributed by atoms with van der Waals surface area (Å²) in [5, 5.41) is 11.7. The topological polar surface area (TPSA) is 102 Å². The van der Waals surface area contributed by atoms with Crippen LogP contribution in [0.3, 0.4) is 0 Å². The van der Waals surface area contributed by atoms with Gasteiger partial charge < -0.3 is 19.7 Å². The molecule has 0 aliphatic rings. The van der Waals surface area contributed by atoms with E-state index in [1.165, 1.54) is 7.11 Å². The van der Waals surface area contributed by atoms with E-state index in [0.717, 1.165) is 5.56 Å². The highest BCUT2D eigenvalue weighted by molar-refractivity contribution is 7.59. The zero-order valence-corrected chi connectivity index (χ0v) is 15.7. The van der Waals surface area contributed by atoms with Crippen LogP contribution in [-0.4, -0.2) is 36.7 Å². The Bertz CT molecular complexity index is 604. The Kier molecular flexibility index (Phi) is 8.66. The van der Waals surface area contributed by atoms with E-state index in [-0.39, 0.29) is 25.0 Å². The fourth-order valence-electron chi connectivity index (χ4n) is 2.32. The highest BCUT2D eigenvalue weighted by Crippen LogP contribution is 2.47. The Morgan fingerprint density at radius 1 is 1.24 bits per heavy atom. The first-order valence-corrected chi connectivity index (χ1v) is 10.1. The molecule has 0 saturated carbocycles. The molecular formula is C17H26NO6P. The minimum atomic E-state index is -3.31. The zero-order valence-electron chi connectivity index (χ0n) is 14.8. The average molecular weight is 371 g/mol. The normalized spacial score (nSPS) is 14.6. The molecule has 1 aromatic carbocycles. The summed E-state index contributed by atoms with van der Waals surface area (Å²) in [6.45, 7) is 3.88. The Morgan fingerprint density at radius 3 is 2.40 bits per heavy atom. The van der Waals surface area contributed by atoms with Gasteiger partial charge in [0.2, 0.25) is 7.37 Å². The molecule has 0 aliphatic heterocycles. The van der Waals surface area contributed by atoms with Crippen LogP contribution in [-0.2, 0) is 25.2 Å². The lowest BCUT2D eigenvalue weighted by Crippen LogP contribution is -2.28. The van der Waals surface area contributed by atoms with Crippen molar-refractivity contribution in [2.24, 2.45) is 11.8 Å². The van der Waals surface area contributed by atoms with E-state index in [0.29, 0.717) is 6.42 Å². The van der Waals surface area contributed by atoms with Gasteiger partial charge in [-0.15, -0.1) is 0 Å². The molecule has 0 aliphatic carbocycles. The molecule has 1 rings (SSSR count). The molecule has 0 radical (unpaired) electrons. The third-order valence-electron chi connectivity index (χ3n) is 3.61. The van der Waals surface area contributed by atoms with Crippen LogP contribution < -0.4 is 5.32 Å². The second-order valence-corrected chi connectivity index (χ2v) is 8.92. The maximum atomic E-state index is 12.7. The Balaban J connectivity index is 2.53. The molecule has 8 heteroatoms. The van der Waals surface area contributed by atoms with Gasteiger partial charge in [0.1, 0.15) is 6.61 Å². The number of carboxylic acid groups (broad SMARTS) is 1. The van der Waals surface area contributed by atoms with Gasteiger partial charge in [-0.1, -0.05) is 44.2 Å². The maximum absolute atomic E-state index is 12.7. The van der Waals surface area contributed by atoms with E-state index in [1.54, 1.807) is 0 Å². The number of rotatable bonds is 10. The molecule has 0 heterocycles. The van der Waals surface area contributed by atoms with Crippen LogP contribution in [0.2, 0.25) is 0 Å². The number of alkyl carbamates (subject to hydrolysis) is 1. The number of ether oxygens (including phenoxy) is 1. The average Bonchev–Trinajstić information content (AvgIpc) is 2.58. The molecule has 0 spiro atoms. The van der Waals surface area contributed by atoms with Crippen LogP contribution in [0.4, 0.5) is 4.79 Å². The van der Waals surface area contributed by atoms with Crippen molar-refractivity contribution >= 4 is 19.4 Å². The molecule has 1 amide bonds. The lowest BCUT2D eigenvalue weighted by atomic mass is 9.99. The molecule has 2 unspecified atom stereocenters. The van der Waals surface area contributed by atoms with Crippen molar-refractivity contribution < 1.29 is 28.5 Å². The second kappa shape index (κ2) is 10.2. The summed E-state index contributed by atoms with van der Waals surface area (Å²) >= 11 is 0. The maximum Gasteiger partial charge on any atom is 0.407 e. The predicted octanol–water partition coefficient (Wildman–Crippen LogP) is 3.54. The highest BCUT2D eigenvalue weighted by atomic mass is 31.2. The van der Waals surface area contributed by atoms with Gasteiger partial charge in [0.05, 0.1) is 12.2 Å². The van der Waals surface area contributed by atoms with Gasteiger partial charge in [-0.05, 0) is 17.9 Å². The van der Waals surface area contributed by atoms with E-state index in [4.69, 9.17) is 9.26 Å². The number of hydrogen-bond acceptors (Lipinski definition) is 5. The SMILES string of the molecule is COP(=O)(CNC(=O)OCc1ccccc1)CC(CC(C)C)C(=O)O. The zero-order chi connectivity index (χ0) is 18.9. The molecule has 25 heavy (non-hydrogen) atoms. The Hall–Kier alpha value is -1.85. The number of hydrogen-bond donors (Lipinski definition) is 2. The molecule has 2 N–H and O–H groups in total. The quantitative estimate of drug-likeness (QED) is 0.610. The lowest BCUT2D eigenvalue weighted by Gasteiger charge is -2.21. The van der Waals surface area contributed by atoms with Crippen molar-refractivity contribution in [1.29, 1.82) is 0 Å². The second-order valence-electron chi connectivity index (χ2n) is 6.24.